The number of carbonyl (C=O) groups is 2. The zero-order valence-electron chi connectivity index (χ0n) is 11.6. The van der Waals surface area contributed by atoms with Gasteiger partial charge in [0, 0.05) is 12.2 Å². The molecule has 0 unspecified atom stereocenters. The minimum atomic E-state index is -1.13. The van der Waals surface area contributed by atoms with E-state index in [-0.39, 0.29) is 17.3 Å². The van der Waals surface area contributed by atoms with Gasteiger partial charge in [-0.3, -0.25) is 9.78 Å². The summed E-state index contributed by atoms with van der Waals surface area (Å²) in [6.07, 6.45) is 7.35. The lowest BCUT2D eigenvalue weighted by Gasteiger charge is -2.28. The molecule has 108 valence electrons. The Morgan fingerprint density at radius 1 is 1.35 bits per heavy atom. The fraction of sp³-hybridized carbons (Fsp3) is 0.533. The number of aromatic nitrogens is 1. The van der Waals surface area contributed by atoms with Gasteiger partial charge in [-0.25, -0.2) is 4.79 Å². The van der Waals surface area contributed by atoms with E-state index in [2.05, 4.69) is 10.3 Å². The van der Waals surface area contributed by atoms with E-state index < -0.39 is 11.9 Å². The van der Waals surface area contributed by atoms with Crippen molar-refractivity contribution in [1.82, 2.24) is 10.3 Å². The molecule has 1 saturated carbocycles. The number of carboxylic acids is 1. The SMILES string of the molecule is C[C@H](NC(=O)c1ncccc1C(=O)O)C1CCCCC1. The van der Waals surface area contributed by atoms with Crippen LogP contribution in [0.3, 0.4) is 0 Å². The summed E-state index contributed by atoms with van der Waals surface area (Å²) in [5.41, 5.74) is -0.0662. The minimum Gasteiger partial charge on any atom is -0.478 e. The summed E-state index contributed by atoms with van der Waals surface area (Å²) >= 11 is 0. The van der Waals surface area contributed by atoms with Crippen LogP contribution in [0.15, 0.2) is 18.3 Å². The van der Waals surface area contributed by atoms with Gasteiger partial charge in [0.15, 0.2) is 0 Å². The standard InChI is InChI=1S/C15H20N2O3/c1-10(11-6-3-2-4-7-11)17-14(18)13-12(15(19)20)8-5-9-16-13/h5,8-11H,2-4,6-7H2,1H3,(H,17,18)(H,19,20)/t10-/m0/s1. The van der Waals surface area contributed by atoms with Crippen molar-refractivity contribution in [3.05, 3.63) is 29.6 Å². The van der Waals surface area contributed by atoms with Gasteiger partial charge in [-0.2, -0.15) is 0 Å². The zero-order valence-corrected chi connectivity index (χ0v) is 11.6. The Bertz CT molecular complexity index is 496. The molecule has 0 aromatic carbocycles. The molecule has 1 atom stereocenters. The summed E-state index contributed by atoms with van der Waals surface area (Å²) in [4.78, 5) is 27.2. The molecule has 1 aromatic heterocycles. The Morgan fingerprint density at radius 2 is 2.05 bits per heavy atom. The van der Waals surface area contributed by atoms with Gasteiger partial charge in [-0.05, 0) is 37.8 Å². The van der Waals surface area contributed by atoms with E-state index in [0.717, 1.165) is 12.8 Å². The first kappa shape index (κ1) is 14.5. The Kier molecular flexibility index (Phi) is 4.71. The van der Waals surface area contributed by atoms with E-state index in [0.29, 0.717) is 5.92 Å². The third-order valence-corrected chi connectivity index (χ3v) is 3.97. The van der Waals surface area contributed by atoms with Crippen LogP contribution in [0.25, 0.3) is 0 Å². The molecule has 1 heterocycles. The first-order valence-electron chi connectivity index (χ1n) is 7.08. The molecular weight excluding hydrogens is 256 g/mol. The molecule has 2 rings (SSSR count). The average Bonchev–Trinajstić information content (AvgIpc) is 2.48. The third kappa shape index (κ3) is 3.35. The molecule has 1 aromatic rings. The lowest BCUT2D eigenvalue weighted by Crippen LogP contribution is -2.39. The normalized spacial score (nSPS) is 17.4. The third-order valence-electron chi connectivity index (χ3n) is 3.97. The van der Waals surface area contributed by atoms with E-state index in [9.17, 15) is 9.59 Å². The van der Waals surface area contributed by atoms with Crippen LogP contribution >= 0.6 is 0 Å². The molecule has 0 saturated heterocycles. The predicted octanol–water partition coefficient (Wildman–Crippen LogP) is 2.48. The quantitative estimate of drug-likeness (QED) is 0.885. The number of pyridine rings is 1. The highest BCUT2D eigenvalue weighted by Crippen LogP contribution is 2.26. The molecule has 0 bridgehead atoms. The van der Waals surface area contributed by atoms with Crippen LogP contribution < -0.4 is 5.32 Å². The molecule has 1 aliphatic rings. The Hall–Kier alpha value is -1.91. The highest BCUT2D eigenvalue weighted by Gasteiger charge is 2.24. The van der Waals surface area contributed by atoms with E-state index >= 15 is 0 Å². The molecule has 1 amide bonds. The smallest absolute Gasteiger partial charge is 0.338 e. The second kappa shape index (κ2) is 6.50. The van der Waals surface area contributed by atoms with Gasteiger partial charge < -0.3 is 10.4 Å². The highest BCUT2D eigenvalue weighted by atomic mass is 16.4. The average molecular weight is 276 g/mol. The fourth-order valence-corrected chi connectivity index (χ4v) is 2.79. The summed E-state index contributed by atoms with van der Waals surface area (Å²) in [6.45, 7) is 1.98. The molecule has 0 spiro atoms. The summed E-state index contributed by atoms with van der Waals surface area (Å²) in [5.74, 6) is -1.06. The molecule has 0 aliphatic heterocycles. The van der Waals surface area contributed by atoms with Crippen LogP contribution in [0.1, 0.15) is 59.9 Å². The first-order chi connectivity index (χ1) is 9.59. The van der Waals surface area contributed by atoms with Gasteiger partial charge >= 0.3 is 5.97 Å². The summed E-state index contributed by atoms with van der Waals surface area (Å²) in [7, 11) is 0. The largest absolute Gasteiger partial charge is 0.478 e. The maximum absolute atomic E-state index is 12.2. The maximum atomic E-state index is 12.2. The highest BCUT2D eigenvalue weighted by molar-refractivity contribution is 6.03. The molecular formula is C15H20N2O3. The number of nitrogens with one attached hydrogen (secondary N) is 1. The molecule has 1 aliphatic carbocycles. The van der Waals surface area contributed by atoms with Crippen LogP contribution in [0, 0.1) is 5.92 Å². The predicted molar refractivity (Wildman–Crippen MR) is 74.7 cm³/mol. The van der Waals surface area contributed by atoms with Gasteiger partial charge in [-0.1, -0.05) is 19.3 Å². The lowest BCUT2D eigenvalue weighted by molar-refractivity contribution is 0.0689. The topological polar surface area (TPSA) is 79.3 Å². The fourth-order valence-electron chi connectivity index (χ4n) is 2.79. The van der Waals surface area contributed by atoms with Crippen molar-refractivity contribution in [2.24, 2.45) is 5.92 Å². The van der Waals surface area contributed by atoms with Crippen LogP contribution in [0.4, 0.5) is 0 Å². The van der Waals surface area contributed by atoms with E-state index in [1.165, 1.54) is 37.6 Å². The second-order valence-corrected chi connectivity index (χ2v) is 5.36. The van der Waals surface area contributed by atoms with Crippen LogP contribution in [-0.4, -0.2) is 28.0 Å². The monoisotopic (exact) mass is 276 g/mol. The lowest BCUT2D eigenvalue weighted by atomic mass is 9.84. The van der Waals surface area contributed by atoms with E-state index in [1.54, 1.807) is 0 Å². The van der Waals surface area contributed by atoms with Gasteiger partial charge in [0.25, 0.3) is 5.91 Å². The van der Waals surface area contributed by atoms with Crippen molar-refractivity contribution in [2.45, 2.75) is 45.1 Å². The van der Waals surface area contributed by atoms with Gasteiger partial charge in [0.2, 0.25) is 0 Å². The number of hydrogen-bond acceptors (Lipinski definition) is 3. The molecule has 20 heavy (non-hydrogen) atoms. The zero-order chi connectivity index (χ0) is 14.5. The molecule has 0 radical (unpaired) electrons. The maximum Gasteiger partial charge on any atom is 0.338 e. The summed E-state index contributed by atoms with van der Waals surface area (Å²) in [6, 6.07) is 2.96. The van der Waals surface area contributed by atoms with Crippen molar-refractivity contribution in [1.29, 1.82) is 0 Å². The number of carbonyl (C=O) groups excluding carboxylic acids is 1. The van der Waals surface area contributed by atoms with Crippen molar-refractivity contribution in [3.63, 3.8) is 0 Å². The van der Waals surface area contributed by atoms with Crippen LogP contribution in [0.5, 0.6) is 0 Å². The molecule has 5 nitrogen and oxygen atoms in total. The van der Waals surface area contributed by atoms with Gasteiger partial charge in [0.05, 0.1) is 5.56 Å². The summed E-state index contributed by atoms with van der Waals surface area (Å²) < 4.78 is 0. The first-order valence-corrected chi connectivity index (χ1v) is 7.08. The number of aromatic carboxylic acids is 1. The van der Waals surface area contributed by atoms with Crippen molar-refractivity contribution >= 4 is 11.9 Å². The molecule has 5 heteroatoms. The van der Waals surface area contributed by atoms with Gasteiger partial charge in [-0.15, -0.1) is 0 Å². The Balaban J connectivity index is 2.06. The van der Waals surface area contributed by atoms with Crippen molar-refractivity contribution in [2.75, 3.05) is 0 Å². The number of carboxylic acid groups (broad SMARTS) is 1. The number of hydrogen-bond donors (Lipinski definition) is 2. The Labute approximate surface area is 118 Å². The number of amides is 1. The molecule has 1 fully saturated rings. The van der Waals surface area contributed by atoms with Gasteiger partial charge in [0.1, 0.15) is 5.69 Å². The summed E-state index contributed by atoms with van der Waals surface area (Å²) in [5, 5.41) is 12.0. The molecule has 2 N–H and O–H groups in total. The van der Waals surface area contributed by atoms with Crippen LogP contribution in [-0.2, 0) is 0 Å². The number of nitrogens with zero attached hydrogens (tertiary/aromatic N) is 1. The van der Waals surface area contributed by atoms with E-state index in [1.807, 2.05) is 6.92 Å². The van der Waals surface area contributed by atoms with E-state index in [4.69, 9.17) is 5.11 Å². The van der Waals surface area contributed by atoms with Crippen molar-refractivity contribution < 1.29 is 14.7 Å². The van der Waals surface area contributed by atoms with Crippen LogP contribution in [0.2, 0.25) is 0 Å². The Morgan fingerprint density at radius 3 is 2.70 bits per heavy atom. The van der Waals surface area contributed by atoms with Crippen molar-refractivity contribution in [3.8, 4) is 0 Å². The number of rotatable bonds is 4. The minimum absolute atomic E-state index is 0.0114. The second-order valence-electron chi connectivity index (χ2n) is 5.36.